The number of carbonyl (C=O) groups excluding carboxylic acids is 3. The van der Waals surface area contributed by atoms with Gasteiger partial charge in [0, 0.05) is 11.8 Å². The topological polar surface area (TPSA) is 96.5 Å². The molecule has 132 valence electrons. The Morgan fingerprint density at radius 3 is 2.04 bits per heavy atom. The van der Waals surface area contributed by atoms with E-state index in [9.17, 15) is 19.2 Å². The van der Waals surface area contributed by atoms with Crippen LogP contribution < -0.4 is 5.56 Å². The monoisotopic (exact) mass is 360 g/mol. The lowest BCUT2D eigenvalue weighted by molar-refractivity contribution is -0.0584. The predicted molar refractivity (Wildman–Crippen MR) is 94.9 cm³/mol. The maximum absolute atomic E-state index is 12.5. The minimum atomic E-state index is -0.979. The molecule has 0 radical (unpaired) electrons. The minimum Gasteiger partial charge on any atom is -0.324 e. The number of benzene rings is 2. The van der Waals surface area contributed by atoms with Crippen LogP contribution in [-0.4, -0.2) is 27.8 Å². The van der Waals surface area contributed by atoms with Crippen molar-refractivity contribution in [1.82, 2.24) is 10.0 Å². The van der Waals surface area contributed by atoms with Gasteiger partial charge in [0.15, 0.2) is 0 Å². The number of pyridine rings is 1. The molecule has 4 rings (SSSR count). The molecule has 0 saturated heterocycles. The van der Waals surface area contributed by atoms with Crippen LogP contribution in [-0.2, 0) is 4.84 Å². The Morgan fingerprint density at radius 1 is 0.815 bits per heavy atom. The number of carbonyl (C=O) groups is 3. The van der Waals surface area contributed by atoms with Gasteiger partial charge in [-0.2, -0.15) is 0 Å². The van der Waals surface area contributed by atoms with Gasteiger partial charge in [-0.15, -0.1) is 0 Å². The van der Waals surface area contributed by atoms with Gasteiger partial charge in [0.2, 0.25) is 5.56 Å². The molecule has 7 nitrogen and oxygen atoms in total. The molecule has 1 aliphatic rings. The number of H-pyrrole nitrogens is 1. The highest BCUT2D eigenvalue weighted by atomic mass is 16.7. The average molecular weight is 360 g/mol. The van der Waals surface area contributed by atoms with E-state index in [4.69, 9.17) is 4.84 Å². The third-order valence-electron chi connectivity index (χ3n) is 4.10. The summed E-state index contributed by atoms with van der Waals surface area (Å²) in [5, 5.41) is 0.413. The van der Waals surface area contributed by atoms with Gasteiger partial charge in [0.25, 0.3) is 11.8 Å². The Balaban J connectivity index is 1.63. The molecule has 1 aliphatic heterocycles. The van der Waals surface area contributed by atoms with Gasteiger partial charge in [0.05, 0.1) is 16.7 Å². The van der Waals surface area contributed by atoms with Crippen LogP contribution in [0.15, 0.2) is 71.5 Å². The van der Waals surface area contributed by atoms with E-state index in [0.29, 0.717) is 16.3 Å². The molecule has 0 aliphatic carbocycles. The zero-order valence-corrected chi connectivity index (χ0v) is 13.8. The Labute approximate surface area is 152 Å². The summed E-state index contributed by atoms with van der Waals surface area (Å²) in [5.41, 5.74) is 0.847. The van der Waals surface area contributed by atoms with E-state index in [1.165, 1.54) is 18.2 Å². The summed E-state index contributed by atoms with van der Waals surface area (Å²) in [6.07, 6.45) is 0. The molecule has 27 heavy (non-hydrogen) atoms. The summed E-state index contributed by atoms with van der Waals surface area (Å²) in [4.78, 5) is 56.6. The van der Waals surface area contributed by atoms with Gasteiger partial charge in [-0.3, -0.25) is 14.4 Å². The first-order valence-electron chi connectivity index (χ1n) is 8.04. The largest absolute Gasteiger partial charge is 0.364 e. The zero-order chi connectivity index (χ0) is 19.0. The van der Waals surface area contributed by atoms with Crippen molar-refractivity contribution in [2.75, 3.05) is 0 Å². The molecule has 3 aromatic rings. The SMILES string of the molecule is O=C(ON1C(=O)c2ccccc2C1=O)c1cc(-c2ccccc2)[nH]c(=O)c1. The van der Waals surface area contributed by atoms with Gasteiger partial charge in [-0.05, 0) is 23.8 Å². The van der Waals surface area contributed by atoms with Crippen LogP contribution in [0, 0.1) is 0 Å². The first kappa shape index (κ1) is 16.5. The molecule has 0 unspecified atom stereocenters. The summed E-state index contributed by atoms with van der Waals surface area (Å²) in [5.74, 6) is -2.43. The molecule has 0 bridgehead atoms. The summed E-state index contributed by atoms with van der Waals surface area (Å²) < 4.78 is 0. The summed E-state index contributed by atoms with van der Waals surface area (Å²) >= 11 is 0. The van der Waals surface area contributed by atoms with Crippen molar-refractivity contribution in [3.05, 3.63) is 93.8 Å². The fraction of sp³-hybridized carbons (Fsp3) is 0. The van der Waals surface area contributed by atoms with Gasteiger partial charge >= 0.3 is 5.97 Å². The van der Waals surface area contributed by atoms with Crippen molar-refractivity contribution < 1.29 is 19.2 Å². The van der Waals surface area contributed by atoms with E-state index in [-0.39, 0.29) is 16.7 Å². The standard InChI is InChI=1S/C20H12N2O5/c23-17-11-13(10-16(21-17)12-6-2-1-3-7-12)20(26)27-22-18(24)14-8-4-5-9-15(14)19(22)25/h1-11H,(H,21,23). The normalized spacial score (nSPS) is 12.8. The van der Waals surface area contributed by atoms with Crippen LogP contribution in [0.5, 0.6) is 0 Å². The molecule has 0 spiro atoms. The van der Waals surface area contributed by atoms with E-state index in [1.807, 2.05) is 6.07 Å². The second-order valence-electron chi connectivity index (χ2n) is 5.84. The molecule has 1 aromatic heterocycles. The number of hydroxylamine groups is 2. The van der Waals surface area contributed by atoms with Crippen LogP contribution >= 0.6 is 0 Å². The molecule has 1 N–H and O–H groups in total. The van der Waals surface area contributed by atoms with Gasteiger partial charge < -0.3 is 9.82 Å². The van der Waals surface area contributed by atoms with Crippen molar-refractivity contribution in [3.63, 3.8) is 0 Å². The zero-order valence-electron chi connectivity index (χ0n) is 13.8. The van der Waals surface area contributed by atoms with Crippen LogP contribution in [0.25, 0.3) is 11.3 Å². The molecule has 2 heterocycles. The number of hydrogen-bond donors (Lipinski definition) is 1. The number of nitrogens with zero attached hydrogens (tertiary/aromatic N) is 1. The highest BCUT2D eigenvalue weighted by Gasteiger charge is 2.38. The first-order chi connectivity index (χ1) is 13.0. The highest BCUT2D eigenvalue weighted by Crippen LogP contribution is 2.23. The first-order valence-corrected chi connectivity index (χ1v) is 8.04. The molecule has 0 fully saturated rings. The fourth-order valence-corrected chi connectivity index (χ4v) is 2.82. The number of imide groups is 1. The smallest absolute Gasteiger partial charge is 0.324 e. The maximum Gasteiger partial charge on any atom is 0.364 e. The van der Waals surface area contributed by atoms with Crippen LogP contribution in [0.1, 0.15) is 31.1 Å². The van der Waals surface area contributed by atoms with Crippen molar-refractivity contribution in [1.29, 1.82) is 0 Å². The number of nitrogens with one attached hydrogen (secondary N) is 1. The fourth-order valence-electron chi connectivity index (χ4n) is 2.82. The van der Waals surface area contributed by atoms with Crippen LogP contribution in [0.4, 0.5) is 0 Å². The number of hydrogen-bond acceptors (Lipinski definition) is 5. The van der Waals surface area contributed by atoms with Crippen molar-refractivity contribution in [2.45, 2.75) is 0 Å². The number of aromatic nitrogens is 1. The molecular weight excluding hydrogens is 348 g/mol. The van der Waals surface area contributed by atoms with E-state index >= 15 is 0 Å². The quantitative estimate of drug-likeness (QED) is 0.724. The minimum absolute atomic E-state index is 0.0749. The molecular formula is C20H12N2O5. The average Bonchev–Trinajstić information content (AvgIpc) is 2.93. The van der Waals surface area contributed by atoms with Crippen LogP contribution in [0.3, 0.4) is 0 Å². The Bertz CT molecular complexity index is 1100. The second kappa shape index (κ2) is 6.38. The molecule has 2 aromatic carbocycles. The lowest BCUT2D eigenvalue weighted by Gasteiger charge is -2.13. The number of amides is 2. The Kier molecular flexibility index (Phi) is 3.89. The second-order valence-corrected chi connectivity index (χ2v) is 5.84. The Hall–Kier alpha value is -4.00. The molecule has 0 atom stereocenters. The summed E-state index contributed by atoms with van der Waals surface area (Å²) in [7, 11) is 0. The predicted octanol–water partition coefficient (Wildman–Crippen LogP) is 2.41. The lowest BCUT2D eigenvalue weighted by Crippen LogP contribution is -2.33. The Morgan fingerprint density at radius 2 is 1.41 bits per heavy atom. The van der Waals surface area contributed by atoms with E-state index < -0.39 is 23.3 Å². The van der Waals surface area contributed by atoms with Gasteiger partial charge in [-0.25, -0.2) is 4.79 Å². The van der Waals surface area contributed by atoms with E-state index in [1.54, 1.807) is 36.4 Å². The molecule has 2 amide bonds. The third kappa shape index (κ3) is 2.91. The maximum atomic E-state index is 12.5. The summed E-state index contributed by atoms with van der Waals surface area (Å²) in [6, 6.07) is 17.6. The van der Waals surface area contributed by atoms with Crippen molar-refractivity contribution >= 4 is 17.8 Å². The summed E-state index contributed by atoms with van der Waals surface area (Å²) in [6.45, 7) is 0. The lowest BCUT2D eigenvalue weighted by atomic mass is 10.1. The van der Waals surface area contributed by atoms with E-state index in [0.717, 1.165) is 6.07 Å². The van der Waals surface area contributed by atoms with Crippen molar-refractivity contribution in [2.24, 2.45) is 0 Å². The highest BCUT2D eigenvalue weighted by molar-refractivity contribution is 6.21. The van der Waals surface area contributed by atoms with Crippen LogP contribution in [0.2, 0.25) is 0 Å². The molecule has 0 saturated carbocycles. The van der Waals surface area contributed by atoms with Gasteiger partial charge in [-0.1, -0.05) is 47.5 Å². The number of fused-ring (bicyclic) bond motifs is 1. The van der Waals surface area contributed by atoms with Gasteiger partial charge in [0.1, 0.15) is 0 Å². The third-order valence-corrected chi connectivity index (χ3v) is 4.10. The number of aromatic amines is 1. The number of rotatable bonds is 3. The molecule has 7 heteroatoms. The van der Waals surface area contributed by atoms with E-state index in [2.05, 4.69) is 4.98 Å². The van der Waals surface area contributed by atoms with Crippen molar-refractivity contribution in [3.8, 4) is 11.3 Å².